The highest BCUT2D eigenvalue weighted by Gasteiger charge is 2.34. The van der Waals surface area contributed by atoms with Crippen LogP contribution in [0.3, 0.4) is 0 Å². The molecule has 4 rings (SSSR count). The van der Waals surface area contributed by atoms with Gasteiger partial charge in [-0.15, -0.1) is 5.10 Å². The van der Waals surface area contributed by atoms with Gasteiger partial charge in [0.25, 0.3) is 11.8 Å². The van der Waals surface area contributed by atoms with Crippen LogP contribution in [0.25, 0.3) is 5.69 Å². The summed E-state index contributed by atoms with van der Waals surface area (Å²) >= 11 is 1.37. The highest BCUT2D eigenvalue weighted by molar-refractivity contribution is 7.99. The third kappa shape index (κ3) is 3.24. The first-order valence-corrected chi connectivity index (χ1v) is 9.78. The van der Waals surface area contributed by atoms with Gasteiger partial charge in [-0.05, 0) is 41.6 Å². The number of tetrazole rings is 1. The van der Waals surface area contributed by atoms with Gasteiger partial charge in [-0.2, -0.15) is 4.68 Å². The van der Waals surface area contributed by atoms with E-state index in [0.717, 1.165) is 5.69 Å². The third-order valence-electron chi connectivity index (χ3n) is 4.26. The first-order chi connectivity index (χ1) is 13.7. The number of carbonyl (C=O) groups excluding carboxylic acids is 2. The second kappa shape index (κ2) is 7.81. The summed E-state index contributed by atoms with van der Waals surface area (Å²) in [6, 6.07) is 14.4. The molecular formula is C19H17N5O3S. The summed E-state index contributed by atoms with van der Waals surface area (Å²) in [6.45, 7) is 2.71. The van der Waals surface area contributed by atoms with Crippen molar-refractivity contribution in [2.75, 3.05) is 18.9 Å². The number of benzene rings is 2. The fourth-order valence-corrected chi connectivity index (χ4v) is 3.81. The molecule has 142 valence electrons. The monoisotopic (exact) mass is 395 g/mol. The summed E-state index contributed by atoms with van der Waals surface area (Å²) in [5.41, 5.74) is 1.64. The molecule has 0 unspecified atom stereocenters. The standard InChI is InChI=1S/C19H17N5O3S/c1-2-27-16-10-6-5-9-15(16)24-19(20-21-22-24)28-12-11-23-17(25)13-7-3-4-8-14(13)18(23)26/h3-10H,2,11-12H2,1H3. The predicted octanol–water partition coefficient (Wildman–Crippen LogP) is 2.45. The van der Waals surface area contributed by atoms with Crippen LogP contribution in [0.15, 0.2) is 53.7 Å². The van der Waals surface area contributed by atoms with Gasteiger partial charge in [-0.1, -0.05) is 36.0 Å². The van der Waals surface area contributed by atoms with Crippen LogP contribution in [-0.2, 0) is 0 Å². The van der Waals surface area contributed by atoms with Gasteiger partial charge >= 0.3 is 0 Å². The lowest BCUT2D eigenvalue weighted by atomic mass is 10.1. The van der Waals surface area contributed by atoms with Gasteiger partial charge in [0, 0.05) is 12.3 Å². The Balaban J connectivity index is 1.46. The van der Waals surface area contributed by atoms with Crippen LogP contribution in [0.2, 0.25) is 0 Å². The molecule has 0 saturated carbocycles. The van der Waals surface area contributed by atoms with E-state index in [2.05, 4.69) is 15.5 Å². The van der Waals surface area contributed by atoms with Crippen molar-refractivity contribution in [2.24, 2.45) is 0 Å². The zero-order chi connectivity index (χ0) is 19.5. The average molecular weight is 395 g/mol. The minimum absolute atomic E-state index is 0.262. The van der Waals surface area contributed by atoms with Crippen molar-refractivity contribution in [3.63, 3.8) is 0 Å². The van der Waals surface area contributed by atoms with Crippen LogP contribution in [-0.4, -0.2) is 55.8 Å². The van der Waals surface area contributed by atoms with E-state index in [1.54, 1.807) is 28.9 Å². The van der Waals surface area contributed by atoms with E-state index in [-0.39, 0.29) is 18.4 Å². The third-order valence-corrected chi connectivity index (χ3v) is 5.16. The van der Waals surface area contributed by atoms with Crippen molar-refractivity contribution >= 4 is 23.6 Å². The number of rotatable bonds is 7. The van der Waals surface area contributed by atoms with Gasteiger partial charge in [-0.3, -0.25) is 14.5 Å². The molecule has 1 aromatic heterocycles. The minimum Gasteiger partial charge on any atom is -0.492 e. The lowest BCUT2D eigenvalue weighted by Gasteiger charge is -2.13. The van der Waals surface area contributed by atoms with Crippen LogP contribution < -0.4 is 4.74 Å². The molecule has 0 bridgehead atoms. The second-order valence-corrected chi connectivity index (χ2v) is 6.99. The van der Waals surface area contributed by atoms with E-state index in [0.29, 0.717) is 34.4 Å². The Kier molecular flexibility index (Phi) is 5.07. The Morgan fingerprint density at radius 1 is 1.00 bits per heavy atom. The normalized spacial score (nSPS) is 13.1. The topological polar surface area (TPSA) is 90.2 Å². The van der Waals surface area contributed by atoms with Crippen LogP contribution in [0.4, 0.5) is 0 Å². The Morgan fingerprint density at radius 3 is 2.39 bits per heavy atom. The van der Waals surface area contributed by atoms with E-state index >= 15 is 0 Å². The molecule has 0 atom stereocenters. The summed E-state index contributed by atoms with van der Waals surface area (Å²) in [7, 11) is 0. The molecule has 1 aliphatic rings. The van der Waals surface area contributed by atoms with Gasteiger partial charge in [0.05, 0.1) is 17.7 Å². The van der Waals surface area contributed by atoms with E-state index < -0.39 is 0 Å². The summed E-state index contributed by atoms with van der Waals surface area (Å²) < 4.78 is 7.24. The molecule has 0 aliphatic carbocycles. The molecule has 3 aromatic rings. The van der Waals surface area contributed by atoms with E-state index in [4.69, 9.17) is 4.74 Å². The fraction of sp³-hybridized carbons (Fsp3) is 0.211. The molecule has 8 nitrogen and oxygen atoms in total. The lowest BCUT2D eigenvalue weighted by Crippen LogP contribution is -2.31. The smallest absolute Gasteiger partial charge is 0.261 e. The van der Waals surface area contributed by atoms with Crippen molar-refractivity contribution in [3.8, 4) is 11.4 Å². The van der Waals surface area contributed by atoms with Crippen molar-refractivity contribution < 1.29 is 14.3 Å². The van der Waals surface area contributed by atoms with Gasteiger partial charge in [-0.25, -0.2) is 0 Å². The van der Waals surface area contributed by atoms with Gasteiger partial charge in [0.1, 0.15) is 11.4 Å². The number of nitrogens with zero attached hydrogens (tertiary/aromatic N) is 5. The summed E-state index contributed by atoms with van der Waals surface area (Å²) in [6.07, 6.45) is 0. The number of fused-ring (bicyclic) bond motifs is 1. The summed E-state index contributed by atoms with van der Waals surface area (Å²) in [5, 5.41) is 12.4. The molecule has 2 amide bonds. The molecule has 9 heteroatoms. The van der Waals surface area contributed by atoms with Crippen LogP contribution in [0.5, 0.6) is 5.75 Å². The van der Waals surface area contributed by atoms with E-state index in [1.165, 1.54) is 16.7 Å². The number of thioether (sulfide) groups is 1. The summed E-state index contributed by atoms with van der Waals surface area (Å²) in [4.78, 5) is 26.1. The number of amides is 2. The maximum atomic E-state index is 12.4. The molecule has 0 spiro atoms. The highest BCUT2D eigenvalue weighted by atomic mass is 32.2. The molecule has 0 fully saturated rings. The number of carbonyl (C=O) groups is 2. The van der Waals surface area contributed by atoms with E-state index in [1.807, 2.05) is 31.2 Å². The largest absolute Gasteiger partial charge is 0.492 e. The first-order valence-electron chi connectivity index (χ1n) is 8.79. The average Bonchev–Trinajstić information content (AvgIpc) is 3.28. The van der Waals surface area contributed by atoms with E-state index in [9.17, 15) is 9.59 Å². The zero-order valence-electron chi connectivity index (χ0n) is 15.1. The van der Waals surface area contributed by atoms with Crippen molar-refractivity contribution in [1.82, 2.24) is 25.1 Å². The second-order valence-electron chi connectivity index (χ2n) is 5.93. The highest BCUT2D eigenvalue weighted by Crippen LogP contribution is 2.27. The van der Waals surface area contributed by atoms with Gasteiger partial charge < -0.3 is 4.74 Å². The van der Waals surface area contributed by atoms with Crippen molar-refractivity contribution in [3.05, 3.63) is 59.7 Å². The Hall–Kier alpha value is -3.20. The van der Waals surface area contributed by atoms with Crippen LogP contribution in [0.1, 0.15) is 27.6 Å². The minimum atomic E-state index is -0.262. The Morgan fingerprint density at radius 2 is 1.68 bits per heavy atom. The molecule has 0 saturated heterocycles. The maximum absolute atomic E-state index is 12.4. The molecule has 0 radical (unpaired) electrons. The number of aromatic nitrogens is 4. The Labute approximate surface area is 165 Å². The molecule has 2 heterocycles. The number of hydrogen-bond acceptors (Lipinski definition) is 7. The number of ether oxygens (including phenoxy) is 1. The fourth-order valence-electron chi connectivity index (χ4n) is 3.00. The molecule has 0 N–H and O–H groups in total. The maximum Gasteiger partial charge on any atom is 0.261 e. The van der Waals surface area contributed by atoms with Gasteiger partial charge in [0.2, 0.25) is 5.16 Å². The Bertz CT molecular complexity index is 1000. The zero-order valence-corrected chi connectivity index (χ0v) is 15.9. The first kappa shape index (κ1) is 18.2. The summed E-state index contributed by atoms with van der Waals surface area (Å²) in [5.74, 6) is 0.632. The number of imide groups is 1. The van der Waals surface area contributed by atoms with Gasteiger partial charge in [0.15, 0.2) is 0 Å². The molecule has 1 aliphatic heterocycles. The number of para-hydroxylation sites is 2. The van der Waals surface area contributed by atoms with Crippen molar-refractivity contribution in [1.29, 1.82) is 0 Å². The van der Waals surface area contributed by atoms with Crippen LogP contribution in [0, 0.1) is 0 Å². The molecular weight excluding hydrogens is 378 g/mol. The predicted molar refractivity (Wildman–Crippen MR) is 103 cm³/mol. The lowest BCUT2D eigenvalue weighted by molar-refractivity contribution is 0.0664. The quantitative estimate of drug-likeness (QED) is 0.448. The molecule has 2 aromatic carbocycles. The SMILES string of the molecule is CCOc1ccccc1-n1nnnc1SCCN1C(=O)c2ccccc2C1=O. The van der Waals surface area contributed by atoms with Crippen LogP contribution >= 0.6 is 11.8 Å². The molecule has 28 heavy (non-hydrogen) atoms. The number of hydrogen-bond donors (Lipinski definition) is 0. The van der Waals surface area contributed by atoms with Crippen molar-refractivity contribution in [2.45, 2.75) is 12.1 Å².